The summed E-state index contributed by atoms with van der Waals surface area (Å²) in [6.07, 6.45) is 2.84. The first kappa shape index (κ1) is 23.1. The van der Waals surface area contributed by atoms with E-state index in [0.29, 0.717) is 21.6 Å². The molecule has 3 aromatic rings. The molecule has 1 heterocycles. The summed E-state index contributed by atoms with van der Waals surface area (Å²) in [6, 6.07) is 11.0. The third kappa shape index (κ3) is 5.20. The van der Waals surface area contributed by atoms with Crippen molar-refractivity contribution in [3.63, 3.8) is 0 Å². The third-order valence-corrected chi connectivity index (χ3v) is 8.53. The van der Waals surface area contributed by atoms with E-state index in [-0.39, 0.29) is 27.9 Å². The minimum atomic E-state index is -3.35. The lowest BCUT2D eigenvalue weighted by Gasteiger charge is -2.03. The first-order valence-corrected chi connectivity index (χ1v) is 13.7. The minimum Gasteiger partial charge on any atom is -0.313 e. The molecule has 3 rings (SSSR count). The second-order valence-electron chi connectivity index (χ2n) is 6.92. The van der Waals surface area contributed by atoms with Crippen LogP contribution in [0.25, 0.3) is 10.2 Å². The molecule has 164 valence electrons. The molecule has 7 nitrogen and oxygen atoms in total. The summed E-state index contributed by atoms with van der Waals surface area (Å²) in [4.78, 5) is 17.6. The highest BCUT2D eigenvalue weighted by atomic mass is 32.2. The number of hydrogen-bond donors (Lipinski definition) is 0. The molecule has 0 bridgehead atoms. The predicted octanol–water partition coefficient (Wildman–Crippen LogP) is 2.76. The van der Waals surface area contributed by atoms with Crippen molar-refractivity contribution in [3.05, 3.63) is 65.5 Å². The van der Waals surface area contributed by atoms with Crippen LogP contribution in [-0.2, 0) is 37.4 Å². The van der Waals surface area contributed by atoms with E-state index >= 15 is 0 Å². The number of amides is 1. The molecule has 0 fully saturated rings. The molecule has 0 N–H and O–H groups in total. The standard InChI is InChI=1S/C21H22N2O5S3/c1-4-12-23-18-11-10-17(30(3,25)26)14-19(18)29-21(23)22-20(24)13-15-6-8-16(9-7-15)31(27,28)5-2/h4,6-11,14H,1,5,12-13H2,2-3H3. The minimum absolute atomic E-state index is 0.0108. The van der Waals surface area contributed by atoms with Gasteiger partial charge in [-0.25, -0.2) is 16.8 Å². The van der Waals surface area contributed by atoms with Gasteiger partial charge in [0.15, 0.2) is 24.5 Å². The van der Waals surface area contributed by atoms with Crippen molar-refractivity contribution >= 4 is 47.1 Å². The molecular formula is C21H22N2O5S3. The predicted molar refractivity (Wildman–Crippen MR) is 122 cm³/mol. The summed E-state index contributed by atoms with van der Waals surface area (Å²) >= 11 is 1.23. The summed E-state index contributed by atoms with van der Waals surface area (Å²) in [7, 11) is -6.65. The highest BCUT2D eigenvalue weighted by Crippen LogP contribution is 2.22. The van der Waals surface area contributed by atoms with Crippen LogP contribution in [0.3, 0.4) is 0 Å². The lowest BCUT2D eigenvalue weighted by Crippen LogP contribution is -2.17. The number of aromatic nitrogens is 1. The van der Waals surface area contributed by atoms with Crippen molar-refractivity contribution < 1.29 is 21.6 Å². The summed E-state index contributed by atoms with van der Waals surface area (Å²) < 4.78 is 50.0. The maximum atomic E-state index is 12.6. The van der Waals surface area contributed by atoms with Crippen molar-refractivity contribution in [2.75, 3.05) is 12.0 Å². The monoisotopic (exact) mass is 478 g/mol. The number of thiazole rings is 1. The number of nitrogens with zero attached hydrogens (tertiary/aromatic N) is 2. The van der Waals surface area contributed by atoms with Crippen LogP contribution in [0, 0.1) is 0 Å². The lowest BCUT2D eigenvalue weighted by atomic mass is 10.1. The Morgan fingerprint density at radius 2 is 1.74 bits per heavy atom. The highest BCUT2D eigenvalue weighted by molar-refractivity contribution is 7.91. The fraction of sp³-hybridized carbons (Fsp3) is 0.238. The number of carbonyl (C=O) groups excluding carboxylic acids is 1. The van der Waals surface area contributed by atoms with Gasteiger partial charge in [0, 0.05) is 12.8 Å². The molecule has 1 amide bonds. The zero-order valence-corrected chi connectivity index (χ0v) is 19.6. The first-order valence-electron chi connectivity index (χ1n) is 9.38. The molecule has 0 radical (unpaired) electrons. The molecule has 10 heteroatoms. The Bertz CT molecular complexity index is 1430. The van der Waals surface area contributed by atoms with Gasteiger partial charge in [0.2, 0.25) is 0 Å². The van der Waals surface area contributed by atoms with Crippen LogP contribution in [0.5, 0.6) is 0 Å². The SMILES string of the molecule is C=CCn1c(=NC(=O)Cc2ccc(S(=O)(=O)CC)cc2)sc2cc(S(C)(=O)=O)ccc21. The molecule has 0 aliphatic carbocycles. The molecule has 0 saturated carbocycles. The number of fused-ring (bicyclic) bond motifs is 1. The van der Waals surface area contributed by atoms with Gasteiger partial charge in [0.25, 0.3) is 5.91 Å². The van der Waals surface area contributed by atoms with Crippen LogP contribution >= 0.6 is 11.3 Å². The Balaban J connectivity index is 1.96. The topological polar surface area (TPSA) is 103 Å². The van der Waals surface area contributed by atoms with E-state index in [1.165, 1.54) is 29.5 Å². The molecule has 0 unspecified atom stereocenters. The van der Waals surface area contributed by atoms with Gasteiger partial charge in [-0.1, -0.05) is 36.5 Å². The molecule has 0 aliphatic heterocycles. The van der Waals surface area contributed by atoms with E-state index in [1.54, 1.807) is 41.8 Å². The summed E-state index contributed by atoms with van der Waals surface area (Å²) in [5.74, 6) is -0.379. The van der Waals surface area contributed by atoms with Crippen LogP contribution in [0.15, 0.2) is 69.9 Å². The molecule has 1 aromatic heterocycles. The highest BCUT2D eigenvalue weighted by Gasteiger charge is 2.14. The Labute approximate surface area is 185 Å². The van der Waals surface area contributed by atoms with Crippen LogP contribution in [0.4, 0.5) is 0 Å². The number of hydrogen-bond acceptors (Lipinski definition) is 6. The Hall–Kier alpha value is -2.56. The van der Waals surface area contributed by atoms with Crippen molar-refractivity contribution in [2.24, 2.45) is 4.99 Å². The lowest BCUT2D eigenvalue weighted by molar-refractivity contribution is -0.117. The Kier molecular flexibility index (Phi) is 6.63. The second-order valence-corrected chi connectivity index (χ2v) is 12.2. The molecule has 0 aliphatic rings. The van der Waals surface area contributed by atoms with Crippen molar-refractivity contribution in [1.82, 2.24) is 4.57 Å². The number of rotatable bonds is 7. The van der Waals surface area contributed by atoms with E-state index in [2.05, 4.69) is 11.6 Å². The van der Waals surface area contributed by atoms with Crippen LogP contribution in [-0.4, -0.2) is 39.3 Å². The van der Waals surface area contributed by atoms with E-state index in [9.17, 15) is 21.6 Å². The van der Waals surface area contributed by atoms with Gasteiger partial charge in [-0.2, -0.15) is 4.99 Å². The van der Waals surface area contributed by atoms with Gasteiger partial charge in [-0.3, -0.25) is 4.79 Å². The largest absolute Gasteiger partial charge is 0.313 e. The number of allylic oxidation sites excluding steroid dienone is 1. The van der Waals surface area contributed by atoms with Crippen LogP contribution in [0.2, 0.25) is 0 Å². The van der Waals surface area contributed by atoms with Gasteiger partial charge in [0.1, 0.15) is 0 Å². The Morgan fingerprint density at radius 1 is 1.10 bits per heavy atom. The van der Waals surface area contributed by atoms with Gasteiger partial charge >= 0.3 is 0 Å². The molecular weight excluding hydrogens is 456 g/mol. The number of carbonyl (C=O) groups is 1. The second kappa shape index (κ2) is 8.89. The quantitative estimate of drug-likeness (QED) is 0.486. The third-order valence-electron chi connectivity index (χ3n) is 4.63. The average molecular weight is 479 g/mol. The molecule has 0 atom stereocenters. The smallest absolute Gasteiger partial charge is 0.252 e. The molecule has 0 spiro atoms. The normalized spacial score (nSPS) is 12.9. The van der Waals surface area contributed by atoms with E-state index in [0.717, 1.165) is 11.8 Å². The zero-order valence-electron chi connectivity index (χ0n) is 17.1. The first-order chi connectivity index (χ1) is 14.5. The maximum Gasteiger partial charge on any atom is 0.252 e. The zero-order chi connectivity index (χ0) is 22.8. The molecule has 2 aromatic carbocycles. The van der Waals surface area contributed by atoms with Crippen molar-refractivity contribution in [2.45, 2.75) is 29.7 Å². The average Bonchev–Trinajstić information content (AvgIpc) is 3.04. The summed E-state index contributed by atoms with van der Waals surface area (Å²) in [6.45, 7) is 5.72. The van der Waals surface area contributed by atoms with Gasteiger partial charge in [-0.15, -0.1) is 6.58 Å². The number of benzene rings is 2. The van der Waals surface area contributed by atoms with Gasteiger partial charge < -0.3 is 4.57 Å². The molecule has 0 saturated heterocycles. The number of sulfone groups is 2. The summed E-state index contributed by atoms with van der Waals surface area (Å²) in [5.41, 5.74) is 1.41. The van der Waals surface area contributed by atoms with E-state index < -0.39 is 19.7 Å². The van der Waals surface area contributed by atoms with E-state index in [1.807, 2.05) is 0 Å². The fourth-order valence-corrected chi connectivity index (χ4v) is 5.68. The fourth-order valence-electron chi connectivity index (χ4n) is 2.98. The van der Waals surface area contributed by atoms with Gasteiger partial charge in [-0.05, 0) is 35.9 Å². The van der Waals surface area contributed by atoms with Crippen molar-refractivity contribution in [3.8, 4) is 0 Å². The maximum absolute atomic E-state index is 12.6. The molecule has 31 heavy (non-hydrogen) atoms. The van der Waals surface area contributed by atoms with Crippen molar-refractivity contribution in [1.29, 1.82) is 0 Å². The van der Waals surface area contributed by atoms with Crippen LogP contribution in [0.1, 0.15) is 12.5 Å². The summed E-state index contributed by atoms with van der Waals surface area (Å²) in [5, 5.41) is 0. The van der Waals surface area contributed by atoms with Gasteiger partial charge in [0.05, 0.1) is 32.2 Å². The Morgan fingerprint density at radius 3 is 2.32 bits per heavy atom. The van der Waals surface area contributed by atoms with E-state index in [4.69, 9.17) is 0 Å². The van der Waals surface area contributed by atoms with Crippen LogP contribution < -0.4 is 4.80 Å².